The van der Waals surface area contributed by atoms with Crippen molar-refractivity contribution < 1.29 is 19.2 Å². The maximum Gasteiger partial charge on any atom is 0.232 e. The molecule has 0 saturated heterocycles. The molecule has 1 unspecified atom stereocenters. The number of hydrogen-bond donors (Lipinski definition) is 1. The van der Waals surface area contributed by atoms with E-state index in [1.807, 2.05) is 0 Å². The van der Waals surface area contributed by atoms with Gasteiger partial charge < -0.3 is 5.73 Å². The van der Waals surface area contributed by atoms with Crippen LogP contribution in [-0.2, 0) is 19.2 Å². The smallest absolute Gasteiger partial charge is 0.232 e. The molecule has 5 heteroatoms. The Hall–Kier alpha value is -2.30. The van der Waals surface area contributed by atoms with E-state index < -0.39 is 35.1 Å². The van der Waals surface area contributed by atoms with Crippen LogP contribution in [0.3, 0.4) is 0 Å². The number of ketones is 3. The molecule has 1 aromatic rings. The molecular weight excluding hydrogens is 258 g/mol. The quantitative estimate of drug-likeness (QED) is 0.819. The third-order valence-corrected chi connectivity index (χ3v) is 3.48. The van der Waals surface area contributed by atoms with Gasteiger partial charge in [-0.05, 0) is 12.0 Å². The van der Waals surface area contributed by atoms with Crippen molar-refractivity contribution in [1.29, 1.82) is 0 Å². The first kappa shape index (κ1) is 14.1. The summed E-state index contributed by atoms with van der Waals surface area (Å²) < 4.78 is 0. The van der Waals surface area contributed by atoms with Crippen molar-refractivity contribution in [2.75, 3.05) is 0 Å². The highest BCUT2D eigenvalue weighted by molar-refractivity contribution is 6.25. The molecule has 1 fully saturated rings. The Labute approximate surface area is 116 Å². The van der Waals surface area contributed by atoms with Crippen LogP contribution < -0.4 is 5.73 Å². The average molecular weight is 273 g/mol. The highest BCUT2D eigenvalue weighted by atomic mass is 16.2. The predicted molar refractivity (Wildman–Crippen MR) is 70.7 cm³/mol. The van der Waals surface area contributed by atoms with Crippen molar-refractivity contribution in [1.82, 2.24) is 0 Å². The summed E-state index contributed by atoms with van der Waals surface area (Å²) in [6.45, 7) is 0. The largest absolute Gasteiger partial charge is 0.369 e. The second kappa shape index (κ2) is 5.77. The zero-order valence-electron chi connectivity index (χ0n) is 10.9. The minimum atomic E-state index is -1.33. The minimum absolute atomic E-state index is 0.197. The van der Waals surface area contributed by atoms with E-state index in [4.69, 9.17) is 5.73 Å². The van der Waals surface area contributed by atoms with Gasteiger partial charge in [0.1, 0.15) is 11.8 Å². The first-order valence-corrected chi connectivity index (χ1v) is 6.46. The van der Waals surface area contributed by atoms with Crippen LogP contribution in [0.5, 0.6) is 0 Å². The average Bonchev–Trinajstić information content (AvgIpc) is 2.39. The summed E-state index contributed by atoms with van der Waals surface area (Å²) in [5.74, 6) is -4.93. The Morgan fingerprint density at radius 3 is 2.10 bits per heavy atom. The molecule has 0 radical (unpaired) electrons. The summed E-state index contributed by atoms with van der Waals surface area (Å²) in [5, 5.41) is 0. The molecule has 1 saturated carbocycles. The minimum Gasteiger partial charge on any atom is -0.369 e. The van der Waals surface area contributed by atoms with Crippen LogP contribution in [0.25, 0.3) is 0 Å². The van der Waals surface area contributed by atoms with Gasteiger partial charge in [-0.2, -0.15) is 0 Å². The van der Waals surface area contributed by atoms with E-state index in [0.717, 1.165) is 0 Å². The van der Waals surface area contributed by atoms with Gasteiger partial charge in [0.2, 0.25) is 5.91 Å². The summed E-state index contributed by atoms with van der Waals surface area (Å²) in [6, 6.07) is 8.26. The number of carbonyl (C=O) groups is 4. The van der Waals surface area contributed by atoms with Crippen molar-refractivity contribution in [3.63, 3.8) is 0 Å². The fraction of sp³-hybridized carbons (Fsp3) is 0.333. The summed E-state index contributed by atoms with van der Waals surface area (Å²) >= 11 is 0. The molecule has 104 valence electrons. The van der Waals surface area contributed by atoms with Crippen LogP contribution in [0, 0.1) is 5.92 Å². The number of primary amides is 1. The molecule has 1 aliphatic carbocycles. The van der Waals surface area contributed by atoms with Crippen LogP contribution in [0.2, 0.25) is 0 Å². The molecule has 1 aromatic carbocycles. The van der Waals surface area contributed by atoms with E-state index in [1.165, 1.54) is 0 Å². The van der Waals surface area contributed by atoms with Gasteiger partial charge in [-0.3, -0.25) is 19.2 Å². The molecule has 0 aliphatic heterocycles. The van der Waals surface area contributed by atoms with Crippen molar-refractivity contribution in [3.8, 4) is 0 Å². The monoisotopic (exact) mass is 273 g/mol. The molecule has 5 nitrogen and oxygen atoms in total. The van der Waals surface area contributed by atoms with Gasteiger partial charge in [-0.15, -0.1) is 0 Å². The summed E-state index contributed by atoms with van der Waals surface area (Å²) in [7, 11) is 0. The second-order valence-corrected chi connectivity index (χ2v) is 4.87. The second-order valence-electron chi connectivity index (χ2n) is 4.87. The molecule has 2 rings (SSSR count). The van der Waals surface area contributed by atoms with Gasteiger partial charge in [-0.25, -0.2) is 0 Å². The number of rotatable bonds is 4. The van der Waals surface area contributed by atoms with Gasteiger partial charge in [-0.1, -0.05) is 30.3 Å². The van der Waals surface area contributed by atoms with E-state index in [1.54, 1.807) is 30.3 Å². The highest BCUT2D eigenvalue weighted by Crippen LogP contribution is 2.26. The van der Waals surface area contributed by atoms with Crippen molar-refractivity contribution in [2.24, 2.45) is 11.7 Å². The lowest BCUT2D eigenvalue weighted by molar-refractivity contribution is -0.143. The first-order chi connectivity index (χ1) is 9.52. The van der Waals surface area contributed by atoms with E-state index in [9.17, 15) is 19.2 Å². The Kier molecular flexibility index (Phi) is 4.08. The van der Waals surface area contributed by atoms with Crippen LogP contribution in [0.15, 0.2) is 30.3 Å². The third-order valence-electron chi connectivity index (χ3n) is 3.48. The van der Waals surface area contributed by atoms with Gasteiger partial charge in [0, 0.05) is 12.8 Å². The molecule has 0 spiro atoms. The Balaban J connectivity index is 2.35. The number of benzene rings is 1. The lowest BCUT2D eigenvalue weighted by atomic mass is 9.77. The van der Waals surface area contributed by atoms with Crippen LogP contribution >= 0.6 is 0 Å². The molecule has 0 bridgehead atoms. The van der Waals surface area contributed by atoms with Gasteiger partial charge >= 0.3 is 0 Å². The van der Waals surface area contributed by atoms with Gasteiger partial charge in [0.05, 0.1) is 0 Å². The third kappa shape index (κ3) is 2.66. The molecular formula is C15H15NO4. The van der Waals surface area contributed by atoms with Crippen LogP contribution in [0.1, 0.15) is 30.7 Å². The zero-order chi connectivity index (χ0) is 14.7. The molecule has 1 amide bonds. The van der Waals surface area contributed by atoms with E-state index >= 15 is 0 Å². The maximum absolute atomic E-state index is 12.4. The van der Waals surface area contributed by atoms with Crippen molar-refractivity contribution in [3.05, 3.63) is 35.9 Å². The zero-order valence-corrected chi connectivity index (χ0v) is 10.9. The molecule has 0 aromatic heterocycles. The van der Waals surface area contributed by atoms with Gasteiger partial charge in [0.15, 0.2) is 17.3 Å². The first-order valence-electron chi connectivity index (χ1n) is 6.46. The fourth-order valence-electron chi connectivity index (χ4n) is 2.50. The predicted octanol–water partition coefficient (Wildman–Crippen LogP) is 0.763. The normalized spacial score (nSPS) is 17.8. The fourth-order valence-corrected chi connectivity index (χ4v) is 2.50. The van der Waals surface area contributed by atoms with Gasteiger partial charge in [0.25, 0.3) is 0 Å². The van der Waals surface area contributed by atoms with Crippen molar-refractivity contribution in [2.45, 2.75) is 25.2 Å². The van der Waals surface area contributed by atoms with Crippen LogP contribution in [-0.4, -0.2) is 23.3 Å². The van der Waals surface area contributed by atoms with E-state index in [-0.39, 0.29) is 12.8 Å². The van der Waals surface area contributed by atoms with E-state index in [0.29, 0.717) is 12.0 Å². The Morgan fingerprint density at radius 1 is 1.05 bits per heavy atom. The molecule has 20 heavy (non-hydrogen) atoms. The van der Waals surface area contributed by atoms with Crippen molar-refractivity contribution >= 4 is 23.3 Å². The molecule has 2 N–H and O–H groups in total. The lowest BCUT2D eigenvalue weighted by Gasteiger charge is -2.22. The number of hydrogen-bond acceptors (Lipinski definition) is 4. The Morgan fingerprint density at radius 2 is 1.60 bits per heavy atom. The van der Waals surface area contributed by atoms with E-state index in [2.05, 4.69) is 0 Å². The number of Topliss-reactive ketones (excluding diaryl/α,β-unsaturated/α-hetero) is 3. The molecule has 1 aliphatic rings. The topological polar surface area (TPSA) is 94.3 Å². The molecule has 1 atom stereocenters. The maximum atomic E-state index is 12.4. The number of carbonyl (C=O) groups excluding carboxylic acids is 4. The summed E-state index contributed by atoms with van der Waals surface area (Å²) in [5.41, 5.74) is 5.70. The molecule has 0 heterocycles. The Bertz CT molecular complexity index is 548. The SMILES string of the molecule is NC(=O)C(C(=O)C1C(=O)CCCC1=O)c1ccccc1. The van der Waals surface area contributed by atoms with Crippen LogP contribution in [0.4, 0.5) is 0 Å². The lowest BCUT2D eigenvalue weighted by Crippen LogP contribution is -2.41. The highest BCUT2D eigenvalue weighted by Gasteiger charge is 2.41. The number of nitrogens with two attached hydrogens (primary N) is 1. The summed E-state index contributed by atoms with van der Waals surface area (Å²) in [6.07, 6.45) is 0.860. The standard InChI is InChI=1S/C15H15NO4/c16-15(20)12(9-5-2-1-3-6-9)14(19)13-10(17)7-4-8-11(13)18/h1-3,5-6,12-13H,4,7-8H2,(H2,16,20). The summed E-state index contributed by atoms with van der Waals surface area (Å²) in [4.78, 5) is 47.6. The number of amides is 1.